The molecule has 1 unspecified atom stereocenters. The minimum absolute atomic E-state index is 0.0469. The zero-order chi connectivity index (χ0) is 14.3. The summed E-state index contributed by atoms with van der Waals surface area (Å²) >= 11 is 0. The van der Waals surface area contributed by atoms with Gasteiger partial charge in [-0.25, -0.2) is 0 Å². The summed E-state index contributed by atoms with van der Waals surface area (Å²) in [7, 11) is 3.27. The summed E-state index contributed by atoms with van der Waals surface area (Å²) in [6.07, 6.45) is 0.309. The van der Waals surface area contributed by atoms with E-state index in [0.29, 0.717) is 6.54 Å². The molecule has 0 spiro atoms. The van der Waals surface area contributed by atoms with Crippen LogP contribution in [0, 0.1) is 6.92 Å². The number of aliphatic hydroxyl groups is 1. The van der Waals surface area contributed by atoms with Crippen LogP contribution in [0.25, 0.3) is 0 Å². The van der Waals surface area contributed by atoms with Gasteiger partial charge in [-0.3, -0.25) is 4.79 Å². The van der Waals surface area contributed by atoms with Gasteiger partial charge in [0.25, 0.3) is 0 Å². The largest absolute Gasteiger partial charge is 0.469 e. The van der Waals surface area contributed by atoms with Crippen LogP contribution in [0.15, 0.2) is 24.3 Å². The van der Waals surface area contributed by atoms with E-state index in [4.69, 9.17) is 0 Å². The Hall–Kier alpha value is -1.39. The van der Waals surface area contributed by atoms with Crippen molar-refractivity contribution in [3.8, 4) is 0 Å². The topological polar surface area (TPSA) is 49.8 Å². The summed E-state index contributed by atoms with van der Waals surface area (Å²) in [5.41, 5.74) is 2.54. The lowest BCUT2D eigenvalue weighted by atomic mass is 10.1. The molecule has 0 amide bonds. The third kappa shape index (κ3) is 6.36. The van der Waals surface area contributed by atoms with Crippen LogP contribution in [-0.2, 0) is 16.0 Å². The van der Waals surface area contributed by atoms with Crippen molar-refractivity contribution in [3.05, 3.63) is 35.4 Å². The van der Waals surface area contributed by atoms with Gasteiger partial charge in [0, 0.05) is 13.1 Å². The van der Waals surface area contributed by atoms with Gasteiger partial charge in [0.1, 0.15) is 0 Å². The molecule has 0 heterocycles. The number of hydrogen-bond acceptors (Lipinski definition) is 4. The molecule has 4 nitrogen and oxygen atoms in total. The van der Waals surface area contributed by atoms with Crippen molar-refractivity contribution >= 4 is 5.97 Å². The van der Waals surface area contributed by atoms with E-state index >= 15 is 0 Å². The molecule has 0 fully saturated rings. The Balaban J connectivity index is 2.31. The van der Waals surface area contributed by atoms with Crippen LogP contribution in [0.3, 0.4) is 0 Å². The molecular weight excluding hydrogens is 242 g/mol. The molecule has 0 radical (unpaired) electrons. The summed E-state index contributed by atoms with van der Waals surface area (Å²) < 4.78 is 4.53. The molecular formula is C15H23NO3. The summed E-state index contributed by atoms with van der Waals surface area (Å²) in [6.45, 7) is 3.40. The Labute approximate surface area is 115 Å². The van der Waals surface area contributed by atoms with E-state index in [1.165, 1.54) is 18.2 Å². The van der Waals surface area contributed by atoms with Crippen molar-refractivity contribution in [3.63, 3.8) is 0 Å². The lowest BCUT2D eigenvalue weighted by molar-refractivity contribution is -0.143. The standard InChI is InChI=1S/C15H23NO3/c1-12-5-4-6-13(9-12)7-8-16(2)11-14(17)10-15(18)19-3/h4-6,9,14,17H,7-8,10-11H2,1-3H3. The minimum Gasteiger partial charge on any atom is -0.469 e. The third-order valence-corrected chi connectivity index (χ3v) is 3.02. The van der Waals surface area contributed by atoms with Crippen LogP contribution in [0.4, 0.5) is 0 Å². The molecule has 0 aromatic heterocycles. The number of carbonyl (C=O) groups is 1. The highest BCUT2D eigenvalue weighted by Crippen LogP contribution is 2.06. The van der Waals surface area contributed by atoms with Crippen LogP contribution >= 0.6 is 0 Å². The second-order valence-electron chi connectivity index (χ2n) is 4.94. The first kappa shape index (κ1) is 15.7. The molecule has 106 valence electrons. The number of benzene rings is 1. The minimum atomic E-state index is -0.671. The van der Waals surface area contributed by atoms with Crippen LogP contribution in [0.2, 0.25) is 0 Å². The van der Waals surface area contributed by atoms with Crippen LogP contribution < -0.4 is 0 Å². The normalized spacial score (nSPS) is 12.5. The van der Waals surface area contributed by atoms with E-state index in [1.54, 1.807) is 0 Å². The second kappa shape index (κ2) is 7.92. The molecule has 0 saturated carbocycles. The smallest absolute Gasteiger partial charge is 0.308 e. The predicted molar refractivity (Wildman–Crippen MR) is 75.0 cm³/mol. The fraction of sp³-hybridized carbons (Fsp3) is 0.533. The summed E-state index contributed by atoms with van der Waals surface area (Å²) in [5, 5.41) is 9.72. The van der Waals surface area contributed by atoms with Gasteiger partial charge in [-0.2, -0.15) is 0 Å². The van der Waals surface area contributed by atoms with Gasteiger partial charge >= 0.3 is 5.97 Å². The highest BCUT2D eigenvalue weighted by Gasteiger charge is 2.13. The third-order valence-electron chi connectivity index (χ3n) is 3.02. The van der Waals surface area contributed by atoms with Gasteiger partial charge in [-0.15, -0.1) is 0 Å². The zero-order valence-corrected chi connectivity index (χ0v) is 11.9. The number of ether oxygens (including phenoxy) is 1. The lowest BCUT2D eigenvalue weighted by Crippen LogP contribution is -2.32. The van der Waals surface area contributed by atoms with Crippen LogP contribution in [0.1, 0.15) is 17.5 Å². The summed E-state index contributed by atoms with van der Waals surface area (Å²) in [6, 6.07) is 8.40. The number of methoxy groups -OCH3 is 1. The maximum Gasteiger partial charge on any atom is 0.308 e. The molecule has 1 N–H and O–H groups in total. The van der Waals surface area contributed by atoms with E-state index in [0.717, 1.165) is 13.0 Å². The fourth-order valence-corrected chi connectivity index (χ4v) is 1.98. The number of likely N-dealkylation sites (N-methyl/N-ethyl adjacent to an activating group) is 1. The quantitative estimate of drug-likeness (QED) is 0.757. The first-order valence-electron chi connectivity index (χ1n) is 6.50. The van der Waals surface area contributed by atoms with Crippen molar-refractivity contribution in [2.75, 3.05) is 27.2 Å². The number of nitrogens with zero attached hydrogens (tertiary/aromatic N) is 1. The average Bonchev–Trinajstić information content (AvgIpc) is 2.36. The fourth-order valence-electron chi connectivity index (χ4n) is 1.98. The Bertz CT molecular complexity index is 406. The Morgan fingerprint density at radius 3 is 2.84 bits per heavy atom. The molecule has 4 heteroatoms. The summed E-state index contributed by atoms with van der Waals surface area (Å²) in [4.78, 5) is 13.0. The van der Waals surface area contributed by atoms with E-state index < -0.39 is 6.10 Å². The Morgan fingerprint density at radius 2 is 2.21 bits per heavy atom. The SMILES string of the molecule is COC(=O)CC(O)CN(C)CCc1cccc(C)c1. The van der Waals surface area contributed by atoms with Gasteiger partial charge in [0.15, 0.2) is 0 Å². The Kier molecular flexibility index (Phi) is 6.53. The van der Waals surface area contributed by atoms with Gasteiger partial charge in [0.05, 0.1) is 19.6 Å². The maximum absolute atomic E-state index is 11.0. The monoisotopic (exact) mass is 265 g/mol. The molecule has 1 aromatic rings. The second-order valence-corrected chi connectivity index (χ2v) is 4.94. The van der Waals surface area contributed by atoms with Crippen LogP contribution in [-0.4, -0.2) is 49.3 Å². The molecule has 1 rings (SSSR count). The number of esters is 1. The molecule has 1 aromatic carbocycles. The van der Waals surface area contributed by atoms with Crippen molar-refractivity contribution in [2.24, 2.45) is 0 Å². The zero-order valence-electron chi connectivity index (χ0n) is 11.9. The van der Waals surface area contributed by atoms with Crippen LogP contribution in [0.5, 0.6) is 0 Å². The maximum atomic E-state index is 11.0. The first-order chi connectivity index (χ1) is 9.01. The predicted octanol–water partition coefficient (Wildman–Crippen LogP) is 1.39. The average molecular weight is 265 g/mol. The lowest BCUT2D eigenvalue weighted by Gasteiger charge is -2.20. The molecule has 0 aliphatic heterocycles. The number of aryl methyl sites for hydroxylation is 1. The van der Waals surface area contributed by atoms with Crippen molar-refractivity contribution < 1.29 is 14.6 Å². The van der Waals surface area contributed by atoms with Gasteiger partial charge in [0.2, 0.25) is 0 Å². The van der Waals surface area contributed by atoms with Gasteiger partial charge in [-0.1, -0.05) is 29.8 Å². The van der Waals surface area contributed by atoms with Gasteiger partial charge < -0.3 is 14.7 Å². The van der Waals surface area contributed by atoms with E-state index in [1.807, 2.05) is 11.9 Å². The summed E-state index contributed by atoms with van der Waals surface area (Å²) in [5.74, 6) is -0.375. The van der Waals surface area contributed by atoms with Crippen molar-refractivity contribution in [1.29, 1.82) is 0 Å². The number of carbonyl (C=O) groups excluding carboxylic acids is 1. The highest BCUT2D eigenvalue weighted by atomic mass is 16.5. The molecule has 0 bridgehead atoms. The Morgan fingerprint density at radius 1 is 1.47 bits per heavy atom. The molecule has 0 saturated heterocycles. The number of rotatable bonds is 7. The van der Waals surface area contributed by atoms with Gasteiger partial charge in [-0.05, 0) is 26.0 Å². The molecule has 19 heavy (non-hydrogen) atoms. The van der Waals surface area contributed by atoms with Crippen molar-refractivity contribution in [2.45, 2.75) is 25.9 Å². The molecule has 1 atom stereocenters. The first-order valence-corrected chi connectivity index (χ1v) is 6.50. The number of hydrogen-bond donors (Lipinski definition) is 1. The van der Waals surface area contributed by atoms with Crippen molar-refractivity contribution in [1.82, 2.24) is 4.90 Å². The molecule has 0 aliphatic carbocycles. The van der Waals surface area contributed by atoms with E-state index in [9.17, 15) is 9.90 Å². The highest BCUT2D eigenvalue weighted by molar-refractivity contribution is 5.69. The number of aliphatic hydroxyl groups excluding tert-OH is 1. The van der Waals surface area contributed by atoms with E-state index in [-0.39, 0.29) is 12.4 Å². The molecule has 0 aliphatic rings. The van der Waals surface area contributed by atoms with E-state index in [2.05, 4.69) is 35.9 Å².